The smallest absolute Gasteiger partial charge is 0.264 e. The van der Waals surface area contributed by atoms with E-state index in [2.05, 4.69) is 5.32 Å². The van der Waals surface area contributed by atoms with Gasteiger partial charge < -0.3 is 5.32 Å². The van der Waals surface area contributed by atoms with Gasteiger partial charge in [-0.3, -0.25) is 9.10 Å². The third-order valence-corrected chi connectivity index (χ3v) is 5.83. The lowest BCUT2D eigenvalue weighted by molar-refractivity contribution is 0.0938. The molecule has 0 heterocycles. The SMILES string of the molecule is CCC[C@H](C)NC(=O)c1cccc(S(=O)(=O)N(C)c2ccc(F)cc2)c1. The molecule has 0 radical (unpaired) electrons. The predicted molar refractivity (Wildman–Crippen MR) is 100 cm³/mol. The highest BCUT2D eigenvalue weighted by Gasteiger charge is 2.22. The number of benzene rings is 2. The molecule has 0 saturated heterocycles. The minimum atomic E-state index is -3.87. The molecule has 1 N–H and O–H groups in total. The monoisotopic (exact) mass is 378 g/mol. The predicted octanol–water partition coefficient (Wildman–Crippen LogP) is 3.57. The van der Waals surface area contributed by atoms with Gasteiger partial charge in [0.25, 0.3) is 15.9 Å². The fraction of sp³-hybridized carbons (Fsp3) is 0.316. The number of amides is 1. The summed E-state index contributed by atoms with van der Waals surface area (Å²) in [5, 5.41) is 2.85. The maximum absolute atomic E-state index is 13.1. The fourth-order valence-corrected chi connectivity index (χ4v) is 3.80. The van der Waals surface area contributed by atoms with Crippen LogP contribution in [0.3, 0.4) is 0 Å². The molecule has 0 saturated carbocycles. The second kappa shape index (κ2) is 8.31. The molecule has 26 heavy (non-hydrogen) atoms. The van der Waals surface area contributed by atoms with E-state index in [9.17, 15) is 17.6 Å². The van der Waals surface area contributed by atoms with Crippen LogP contribution >= 0.6 is 0 Å². The van der Waals surface area contributed by atoms with E-state index in [0.29, 0.717) is 5.69 Å². The molecule has 140 valence electrons. The van der Waals surface area contributed by atoms with Gasteiger partial charge in [0.2, 0.25) is 0 Å². The van der Waals surface area contributed by atoms with Crippen molar-refractivity contribution in [3.63, 3.8) is 0 Å². The number of carbonyl (C=O) groups excluding carboxylic acids is 1. The van der Waals surface area contributed by atoms with Gasteiger partial charge in [-0.1, -0.05) is 19.4 Å². The van der Waals surface area contributed by atoms with Gasteiger partial charge >= 0.3 is 0 Å². The minimum Gasteiger partial charge on any atom is -0.350 e. The molecule has 2 aromatic rings. The van der Waals surface area contributed by atoms with Crippen molar-refractivity contribution in [2.75, 3.05) is 11.4 Å². The van der Waals surface area contributed by atoms with Crippen molar-refractivity contribution in [1.82, 2.24) is 5.32 Å². The molecule has 0 fully saturated rings. The third-order valence-electron chi connectivity index (χ3n) is 4.04. The highest BCUT2D eigenvalue weighted by molar-refractivity contribution is 7.92. The van der Waals surface area contributed by atoms with Crippen LogP contribution in [0.4, 0.5) is 10.1 Å². The molecule has 0 aliphatic heterocycles. The first kappa shape index (κ1) is 19.9. The average Bonchev–Trinajstić information content (AvgIpc) is 2.62. The minimum absolute atomic E-state index is 0.000111. The van der Waals surface area contributed by atoms with Crippen molar-refractivity contribution in [2.45, 2.75) is 37.6 Å². The summed E-state index contributed by atoms with van der Waals surface area (Å²) in [6.07, 6.45) is 1.79. The van der Waals surface area contributed by atoms with Crippen molar-refractivity contribution in [3.05, 3.63) is 59.9 Å². The maximum Gasteiger partial charge on any atom is 0.264 e. The summed E-state index contributed by atoms with van der Waals surface area (Å²) in [6.45, 7) is 3.94. The Kier molecular flexibility index (Phi) is 6.37. The zero-order valence-electron chi connectivity index (χ0n) is 15.1. The van der Waals surface area contributed by atoms with Crippen LogP contribution in [0.15, 0.2) is 53.4 Å². The molecule has 7 heteroatoms. The molecule has 2 aromatic carbocycles. The third kappa shape index (κ3) is 4.60. The number of sulfonamides is 1. The highest BCUT2D eigenvalue weighted by atomic mass is 32.2. The molecule has 0 aliphatic rings. The summed E-state index contributed by atoms with van der Waals surface area (Å²) in [6, 6.07) is 11.1. The molecule has 0 spiro atoms. The van der Waals surface area contributed by atoms with Gasteiger partial charge in [0.1, 0.15) is 5.82 Å². The normalized spacial score (nSPS) is 12.5. The summed E-state index contributed by atoms with van der Waals surface area (Å²) < 4.78 is 39.8. The Morgan fingerprint density at radius 1 is 1.19 bits per heavy atom. The fourth-order valence-electron chi connectivity index (χ4n) is 2.56. The van der Waals surface area contributed by atoms with Crippen LogP contribution in [0.1, 0.15) is 37.0 Å². The first-order valence-electron chi connectivity index (χ1n) is 8.41. The number of nitrogens with zero attached hydrogens (tertiary/aromatic N) is 1. The molecule has 0 unspecified atom stereocenters. The quantitative estimate of drug-likeness (QED) is 0.801. The zero-order chi connectivity index (χ0) is 19.3. The number of nitrogens with one attached hydrogen (secondary N) is 1. The Morgan fingerprint density at radius 3 is 2.46 bits per heavy atom. The van der Waals surface area contributed by atoms with Crippen LogP contribution in [0.5, 0.6) is 0 Å². The van der Waals surface area contributed by atoms with Gasteiger partial charge in [-0.15, -0.1) is 0 Å². The van der Waals surface area contributed by atoms with Gasteiger partial charge in [-0.05, 0) is 55.8 Å². The van der Waals surface area contributed by atoms with E-state index in [-0.39, 0.29) is 22.4 Å². The van der Waals surface area contributed by atoms with Crippen LogP contribution in [0.2, 0.25) is 0 Å². The van der Waals surface area contributed by atoms with Crippen LogP contribution in [0.25, 0.3) is 0 Å². The largest absolute Gasteiger partial charge is 0.350 e. The van der Waals surface area contributed by atoms with E-state index in [4.69, 9.17) is 0 Å². The summed E-state index contributed by atoms with van der Waals surface area (Å²) in [5.74, 6) is -0.758. The summed E-state index contributed by atoms with van der Waals surface area (Å²) in [5.41, 5.74) is 0.611. The molecule has 0 aliphatic carbocycles. The summed E-state index contributed by atoms with van der Waals surface area (Å²) >= 11 is 0. The van der Waals surface area contributed by atoms with Crippen molar-refractivity contribution >= 4 is 21.6 Å². The second-order valence-corrected chi connectivity index (χ2v) is 8.11. The van der Waals surface area contributed by atoms with E-state index in [1.807, 2.05) is 13.8 Å². The molecule has 5 nitrogen and oxygen atoms in total. The van der Waals surface area contributed by atoms with E-state index in [1.165, 1.54) is 49.5 Å². The Morgan fingerprint density at radius 2 is 1.85 bits per heavy atom. The van der Waals surface area contributed by atoms with Crippen LogP contribution in [0, 0.1) is 5.82 Å². The lowest BCUT2D eigenvalue weighted by Gasteiger charge is -2.20. The molecule has 1 atom stereocenters. The van der Waals surface area contributed by atoms with Crippen LogP contribution in [-0.2, 0) is 10.0 Å². The summed E-state index contributed by atoms with van der Waals surface area (Å²) in [4.78, 5) is 12.3. The standard InChI is InChI=1S/C19H23FN2O3S/c1-4-6-14(2)21-19(23)15-7-5-8-18(13-15)26(24,25)22(3)17-11-9-16(20)10-12-17/h5,7-14H,4,6H2,1-3H3,(H,21,23)/t14-/m0/s1. The maximum atomic E-state index is 13.1. The van der Waals surface area contributed by atoms with E-state index < -0.39 is 15.8 Å². The Labute approximate surface area is 153 Å². The van der Waals surface area contributed by atoms with E-state index in [0.717, 1.165) is 17.1 Å². The number of carbonyl (C=O) groups is 1. The van der Waals surface area contributed by atoms with Crippen molar-refractivity contribution in [3.8, 4) is 0 Å². The van der Waals surface area contributed by atoms with Crippen LogP contribution < -0.4 is 9.62 Å². The van der Waals surface area contributed by atoms with Gasteiger partial charge in [0.15, 0.2) is 0 Å². The Hall–Kier alpha value is -2.41. The van der Waals surface area contributed by atoms with E-state index in [1.54, 1.807) is 6.07 Å². The number of hydrogen-bond donors (Lipinski definition) is 1. The van der Waals surface area contributed by atoms with Crippen molar-refractivity contribution in [2.24, 2.45) is 0 Å². The topological polar surface area (TPSA) is 66.5 Å². The first-order valence-corrected chi connectivity index (χ1v) is 9.85. The van der Waals surface area contributed by atoms with Crippen LogP contribution in [-0.4, -0.2) is 27.4 Å². The number of halogens is 1. The van der Waals surface area contributed by atoms with Crippen molar-refractivity contribution in [1.29, 1.82) is 0 Å². The van der Waals surface area contributed by atoms with Gasteiger partial charge in [-0.2, -0.15) is 0 Å². The second-order valence-electron chi connectivity index (χ2n) is 6.14. The van der Waals surface area contributed by atoms with Gasteiger partial charge in [-0.25, -0.2) is 12.8 Å². The highest BCUT2D eigenvalue weighted by Crippen LogP contribution is 2.23. The number of anilines is 1. The molecular formula is C19H23FN2O3S. The lowest BCUT2D eigenvalue weighted by atomic mass is 10.1. The average molecular weight is 378 g/mol. The first-order chi connectivity index (χ1) is 12.3. The lowest BCUT2D eigenvalue weighted by Crippen LogP contribution is -2.32. The zero-order valence-corrected chi connectivity index (χ0v) is 15.9. The molecule has 0 bridgehead atoms. The van der Waals surface area contributed by atoms with Gasteiger partial charge in [0, 0.05) is 18.7 Å². The number of hydrogen-bond acceptors (Lipinski definition) is 3. The number of rotatable bonds is 7. The van der Waals surface area contributed by atoms with E-state index >= 15 is 0 Å². The summed E-state index contributed by atoms with van der Waals surface area (Å²) in [7, 11) is -2.48. The van der Waals surface area contributed by atoms with Gasteiger partial charge in [0.05, 0.1) is 10.6 Å². The molecule has 0 aromatic heterocycles. The molecular weight excluding hydrogens is 355 g/mol. The van der Waals surface area contributed by atoms with Crippen molar-refractivity contribution < 1.29 is 17.6 Å². The molecule has 2 rings (SSSR count). The Bertz CT molecular complexity index is 867. The Balaban J connectivity index is 2.27. The molecule has 1 amide bonds.